The molecule has 2 aromatic carbocycles. The van der Waals surface area contributed by atoms with Crippen molar-refractivity contribution in [1.29, 1.82) is 0 Å². The third-order valence-electron chi connectivity index (χ3n) is 3.84. The summed E-state index contributed by atoms with van der Waals surface area (Å²) >= 11 is 12.1. The van der Waals surface area contributed by atoms with Gasteiger partial charge in [0.05, 0.1) is 6.04 Å². The molecule has 2 aromatic rings. The molecule has 1 N–H and O–H groups in total. The maximum atomic E-state index is 12.5. The van der Waals surface area contributed by atoms with Crippen LogP contribution in [-0.2, 0) is 24.2 Å². The molecule has 108 valence electrons. The van der Waals surface area contributed by atoms with E-state index in [2.05, 4.69) is 17.4 Å². The smallest absolute Gasteiger partial charge is 0.154 e. The standard InChI is InChI=1S/C17H15Cl2NO/c18-14-5-6-15(19)13(7-14)9-17(21)16-8-11-3-1-2-4-12(11)10-20-16/h1-7,16,20H,8-10H2. The molecule has 1 heterocycles. The number of rotatable bonds is 3. The van der Waals surface area contributed by atoms with Crippen LogP contribution in [0.5, 0.6) is 0 Å². The van der Waals surface area contributed by atoms with Crippen molar-refractivity contribution in [2.45, 2.75) is 25.4 Å². The Kier molecular flexibility index (Phi) is 4.29. The molecule has 1 unspecified atom stereocenters. The molecule has 0 spiro atoms. The van der Waals surface area contributed by atoms with Crippen molar-refractivity contribution < 1.29 is 4.79 Å². The number of hydrogen-bond acceptors (Lipinski definition) is 2. The van der Waals surface area contributed by atoms with Crippen molar-refractivity contribution in [2.75, 3.05) is 0 Å². The van der Waals surface area contributed by atoms with Crippen LogP contribution in [0.15, 0.2) is 42.5 Å². The first-order valence-electron chi connectivity index (χ1n) is 6.90. The maximum Gasteiger partial charge on any atom is 0.154 e. The van der Waals surface area contributed by atoms with Gasteiger partial charge in [0.2, 0.25) is 0 Å². The van der Waals surface area contributed by atoms with Crippen LogP contribution in [0.1, 0.15) is 16.7 Å². The van der Waals surface area contributed by atoms with E-state index in [1.54, 1.807) is 18.2 Å². The Morgan fingerprint density at radius 1 is 1.14 bits per heavy atom. The Labute approximate surface area is 134 Å². The van der Waals surface area contributed by atoms with Crippen LogP contribution in [0.2, 0.25) is 10.0 Å². The number of carbonyl (C=O) groups is 1. The highest BCUT2D eigenvalue weighted by molar-refractivity contribution is 6.33. The van der Waals surface area contributed by atoms with Gasteiger partial charge in [-0.25, -0.2) is 0 Å². The topological polar surface area (TPSA) is 29.1 Å². The van der Waals surface area contributed by atoms with Crippen molar-refractivity contribution in [2.24, 2.45) is 0 Å². The SMILES string of the molecule is O=C(Cc1cc(Cl)ccc1Cl)C1Cc2ccccc2CN1. The zero-order valence-electron chi connectivity index (χ0n) is 11.4. The van der Waals surface area contributed by atoms with Crippen LogP contribution in [0.3, 0.4) is 0 Å². The van der Waals surface area contributed by atoms with Gasteiger partial charge in [0.25, 0.3) is 0 Å². The Morgan fingerprint density at radius 2 is 1.90 bits per heavy atom. The zero-order chi connectivity index (χ0) is 14.8. The van der Waals surface area contributed by atoms with Gasteiger partial charge >= 0.3 is 0 Å². The van der Waals surface area contributed by atoms with Gasteiger partial charge in [-0.2, -0.15) is 0 Å². The third-order valence-corrected chi connectivity index (χ3v) is 4.45. The normalized spacial score (nSPS) is 17.3. The average Bonchev–Trinajstić information content (AvgIpc) is 2.50. The second-order valence-corrected chi connectivity index (χ2v) is 6.13. The van der Waals surface area contributed by atoms with Crippen molar-refractivity contribution in [3.8, 4) is 0 Å². The van der Waals surface area contributed by atoms with Gasteiger partial charge < -0.3 is 5.32 Å². The third kappa shape index (κ3) is 3.29. The summed E-state index contributed by atoms with van der Waals surface area (Å²) in [6.45, 7) is 0.732. The van der Waals surface area contributed by atoms with E-state index in [1.807, 2.05) is 12.1 Å². The van der Waals surface area contributed by atoms with Crippen LogP contribution < -0.4 is 5.32 Å². The highest BCUT2D eigenvalue weighted by Crippen LogP contribution is 2.23. The number of carbonyl (C=O) groups excluding carboxylic acids is 1. The molecule has 0 saturated heterocycles. The minimum absolute atomic E-state index is 0.147. The van der Waals surface area contributed by atoms with E-state index in [1.165, 1.54) is 11.1 Å². The molecular formula is C17H15Cl2NO. The molecule has 3 rings (SSSR count). The molecule has 1 aliphatic heterocycles. The van der Waals surface area contributed by atoms with E-state index < -0.39 is 0 Å². The summed E-state index contributed by atoms with van der Waals surface area (Å²) in [5, 5.41) is 4.49. The predicted octanol–water partition coefficient (Wildman–Crippen LogP) is 3.82. The first-order valence-corrected chi connectivity index (χ1v) is 7.66. The highest BCUT2D eigenvalue weighted by Gasteiger charge is 2.24. The quantitative estimate of drug-likeness (QED) is 0.931. The lowest BCUT2D eigenvalue weighted by molar-refractivity contribution is -0.120. The number of hydrogen-bond donors (Lipinski definition) is 1. The number of Topliss-reactive ketones (excluding diaryl/α,β-unsaturated/α-hetero) is 1. The van der Waals surface area contributed by atoms with E-state index in [-0.39, 0.29) is 11.8 Å². The Bertz CT molecular complexity index is 684. The fraction of sp³-hybridized carbons (Fsp3) is 0.235. The van der Waals surface area contributed by atoms with E-state index >= 15 is 0 Å². The van der Waals surface area contributed by atoms with Crippen molar-refractivity contribution in [3.63, 3.8) is 0 Å². The summed E-state index contributed by atoms with van der Waals surface area (Å²) < 4.78 is 0. The van der Waals surface area contributed by atoms with Crippen molar-refractivity contribution >= 4 is 29.0 Å². The van der Waals surface area contributed by atoms with E-state index in [4.69, 9.17) is 23.2 Å². The Hall–Kier alpha value is -1.35. The molecule has 1 aliphatic rings. The van der Waals surface area contributed by atoms with Gasteiger partial charge in [-0.3, -0.25) is 4.79 Å². The van der Waals surface area contributed by atoms with E-state index in [9.17, 15) is 4.79 Å². The van der Waals surface area contributed by atoms with E-state index in [0.29, 0.717) is 16.5 Å². The van der Waals surface area contributed by atoms with Crippen molar-refractivity contribution in [3.05, 3.63) is 69.2 Å². The first-order chi connectivity index (χ1) is 10.1. The summed E-state index contributed by atoms with van der Waals surface area (Å²) in [5.41, 5.74) is 3.30. The number of fused-ring (bicyclic) bond motifs is 1. The molecular weight excluding hydrogens is 305 g/mol. The summed E-state index contributed by atoms with van der Waals surface area (Å²) in [4.78, 5) is 12.5. The number of ketones is 1. The average molecular weight is 320 g/mol. The Balaban J connectivity index is 1.74. The number of benzene rings is 2. The molecule has 0 saturated carbocycles. The molecule has 0 radical (unpaired) electrons. The lowest BCUT2D eigenvalue weighted by atomic mass is 9.91. The minimum Gasteiger partial charge on any atom is -0.303 e. The van der Waals surface area contributed by atoms with Crippen LogP contribution in [-0.4, -0.2) is 11.8 Å². The molecule has 21 heavy (non-hydrogen) atoms. The summed E-state index contributed by atoms with van der Waals surface area (Å²) in [6, 6.07) is 13.3. The van der Waals surface area contributed by atoms with Gasteiger partial charge in [0.1, 0.15) is 0 Å². The van der Waals surface area contributed by atoms with Crippen LogP contribution >= 0.6 is 23.2 Å². The first kappa shape index (κ1) is 14.6. The number of halogens is 2. The predicted molar refractivity (Wildman–Crippen MR) is 85.9 cm³/mol. The molecule has 0 amide bonds. The lowest BCUT2D eigenvalue weighted by Crippen LogP contribution is -2.42. The van der Waals surface area contributed by atoms with Gasteiger partial charge in [-0.1, -0.05) is 47.5 Å². The maximum absolute atomic E-state index is 12.5. The Morgan fingerprint density at radius 3 is 2.71 bits per heavy atom. The van der Waals surface area contributed by atoms with Crippen LogP contribution in [0, 0.1) is 0 Å². The largest absolute Gasteiger partial charge is 0.303 e. The second-order valence-electron chi connectivity index (χ2n) is 5.29. The van der Waals surface area contributed by atoms with Gasteiger partial charge in [0.15, 0.2) is 5.78 Å². The molecule has 1 atom stereocenters. The molecule has 0 aliphatic carbocycles. The van der Waals surface area contributed by atoms with Crippen molar-refractivity contribution in [1.82, 2.24) is 5.32 Å². The number of nitrogens with one attached hydrogen (secondary N) is 1. The summed E-state index contributed by atoms with van der Waals surface area (Å²) in [5.74, 6) is 0.147. The molecule has 0 bridgehead atoms. The summed E-state index contributed by atoms with van der Waals surface area (Å²) in [6.07, 6.45) is 1.03. The summed E-state index contributed by atoms with van der Waals surface area (Å²) in [7, 11) is 0. The molecule has 2 nitrogen and oxygen atoms in total. The van der Waals surface area contributed by atoms with Crippen LogP contribution in [0.4, 0.5) is 0 Å². The highest BCUT2D eigenvalue weighted by atomic mass is 35.5. The lowest BCUT2D eigenvalue weighted by Gasteiger charge is -2.25. The fourth-order valence-corrected chi connectivity index (χ4v) is 3.05. The molecule has 0 fully saturated rings. The van der Waals surface area contributed by atoms with E-state index in [0.717, 1.165) is 18.5 Å². The van der Waals surface area contributed by atoms with Crippen LogP contribution in [0.25, 0.3) is 0 Å². The molecule has 0 aromatic heterocycles. The van der Waals surface area contributed by atoms with Gasteiger partial charge in [-0.05, 0) is 41.3 Å². The second kappa shape index (κ2) is 6.18. The van der Waals surface area contributed by atoms with Gasteiger partial charge in [0, 0.05) is 23.0 Å². The zero-order valence-corrected chi connectivity index (χ0v) is 12.9. The van der Waals surface area contributed by atoms with Gasteiger partial charge in [-0.15, -0.1) is 0 Å². The fourth-order valence-electron chi connectivity index (χ4n) is 2.67. The molecule has 4 heteroatoms. The monoisotopic (exact) mass is 319 g/mol. The minimum atomic E-state index is -0.157.